The Morgan fingerprint density at radius 1 is 1.26 bits per heavy atom. The van der Waals surface area contributed by atoms with Gasteiger partial charge in [-0.05, 0) is 30.7 Å². The molecule has 0 bridgehead atoms. The highest BCUT2D eigenvalue weighted by Crippen LogP contribution is 2.29. The van der Waals surface area contributed by atoms with Crippen LogP contribution in [0.15, 0.2) is 47.3 Å². The number of halogens is 1. The molecular weight excluding hydrogens is 368 g/mol. The van der Waals surface area contributed by atoms with Gasteiger partial charge in [0.2, 0.25) is 5.82 Å². The maximum atomic E-state index is 6.19. The average Bonchev–Trinajstić information content (AvgIpc) is 3.38. The van der Waals surface area contributed by atoms with Crippen molar-refractivity contribution in [2.45, 2.75) is 13.5 Å². The first-order valence-corrected chi connectivity index (χ1v) is 8.58. The molecule has 0 unspecified atom stereocenters. The Labute approximate surface area is 157 Å². The zero-order valence-electron chi connectivity index (χ0n) is 14.2. The number of hydrogen-bond acceptors (Lipinski definition) is 6. The highest BCUT2D eigenvalue weighted by Gasteiger charge is 2.15. The molecule has 4 aromatic heterocycles. The molecule has 8 nitrogen and oxygen atoms in total. The number of rotatable bonds is 4. The van der Waals surface area contributed by atoms with Crippen LogP contribution in [0.5, 0.6) is 5.75 Å². The van der Waals surface area contributed by atoms with Gasteiger partial charge in [-0.1, -0.05) is 23.7 Å². The number of H-pyrrole nitrogens is 1. The third-order valence-electron chi connectivity index (χ3n) is 4.19. The standard InChI is InChI=1S/C18H13ClN6O2/c1-10-3-2-4-13(19)15(10)26-8-11-5-6-14(27-11)17-22-18-12-7-21-23-16(12)20-9-25(18)24-17/h2-7,9H,8H2,1H3,(H,21,23). The Morgan fingerprint density at radius 2 is 2.19 bits per heavy atom. The van der Waals surface area contributed by atoms with Gasteiger partial charge >= 0.3 is 0 Å². The summed E-state index contributed by atoms with van der Waals surface area (Å²) >= 11 is 6.19. The van der Waals surface area contributed by atoms with Crippen LogP contribution in [0.1, 0.15) is 11.3 Å². The van der Waals surface area contributed by atoms with Crippen molar-refractivity contribution in [3.8, 4) is 17.3 Å². The topological polar surface area (TPSA) is 94.1 Å². The molecule has 0 saturated heterocycles. The molecule has 0 radical (unpaired) electrons. The van der Waals surface area contributed by atoms with Crippen LogP contribution in [-0.4, -0.2) is 29.8 Å². The second-order valence-corrected chi connectivity index (χ2v) is 6.43. The molecule has 134 valence electrons. The van der Waals surface area contributed by atoms with Crippen molar-refractivity contribution in [1.82, 2.24) is 29.8 Å². The van der Waals surface area contributed by atoms with Crippen molar-refractivity contribution in [2.75, 3.05) is 0 Å². The molecule has 27 heavy (non-hydrogen) atoms. The predicted molar refractivity (Wildman–Crippen MR) is 98.7 cm³/mol. The number of furan rings is 1. The van der Waals surface area contributed by atoms with Crippen LogP contribution in [0, 0.1) is 6.92 Å². The average molecular weight is 381 g/mol. The Hall–Kier alpha value is -3.39. The van der Waals surface area contributed by atoms with E-state index in [4.69, 9.17) is 20.8 Å². The van der Waals surface area contributed by atoms with E-state index in [1.807, 2.05) is 31.2 Å². The number of para-hydroxylation sites is 1. The normalized spacial score (nSPS) is 11.5. The maximum Gasteiger partial charge on any atom is 0.217 e. The first kappa shape index (κ1) is 15.8. The van der Waals surface area contributed by atoms with Crippen molar-refractivity contribution < 1.29 is 9.15 Å². The Kier molecular flexibility index (Phi) is 3.58. The van der Waals surface area contributed by atoms with Crippen LogP contribution in [-0.2, 0) is 6.61 Å². The van der Waals surface area contributed by atoms with Crippen LogP contribution in [0.3, 0.4) is 0 Å². The van der Waals surface area contributed by atoms with Crippen molar-refractivity contribution in [3.63, 3.8) is 0 Å². The number of aryl methyl sites for hydroxylation is 1. The molecule has 0 fully saturated rings. The zero-order valence-corrected chi connectivity index (χ0v) is 14.9. The lowest BCUT2D eigenvalue weighted by Gasteiger charge is -2.09. The number of hydrogen-bond donors (Lipinski definition) is 1. The molecule has 9 heteroatoms. The number of aromatic amines is 1. The quantitative estimate of drug-likeness (QED) is 0.509. The number of ether oxygens (including phenoxy) is 1. The highest BCUT2D eigenvalue weighted by atomic mass is 35.5. The minimum atomic E-state index is 0.255. The second kappa shape index (κ2) is 6.10. The molecule has 0 aliphatic heterocycles. The van der Waals surface area contributed by atoms with Crippen molar-refractivity contribution in [2.24, 2.45) is 0 Å². The molecule has 5 aromatic rings. The van der Waals surface area contributed by atoms with E-state index in [1.54, 1.807) is 23.1 Å². The number of fused-ring (bicyclic) bond motifs is 3. The minimum Gasteiger partial charge on any atom is -0.484 e. The van der Waals surface area contributed by atoms with E-state index in [-0.39, 0.29) is 6.61 Å². The van der Waals surface area contributed by atoms with E-state index in [9.17, 15) is 0 Å². The number of nitrogens with zero attached hydrogens (tertiary/aromatic N) is 5. The molecule has 0 amide bonds. The molecule has 0 aliphatic rings. The van der Waals surface area contributed by atoms with Gasteiger partial charge in [0.15, 0.2) is 17.1 Å². The first-order chi connectivity index (χ1) is 13.2. The smallest absolute Gasteiger partial charge is 0.217 e. The summed E-state index contributed by atoms with van der Waals surface area (Å²) < 4.78 is 13.3. The van der Waals surface area contributed by atoms with Gasteiger partial charge in [0.1, 0.15) is 24.4 Å². The summed E-state index contributed by atoms with van der Waals surface area (Å²) in [5.74, 6) is 2.31. The molecule has 1 N–H and O–H groups in total. The van der Waals surface area contributed by atoms with E-state index >= 15 is 0 Å². The predicted octanol–water partition coefficient (Wildman–Crippen LogP) is 3.80. The molecule has 4 heterocycles. The highest BCUT2D eigenvalue weighted by molar-refractivity contribution is 6.32. The minimum absolute atomic E-state index is 0.255. The lowest BCUT2D eigenvalue weighted by Crippen LogP contribution is -1.96. The van der Waals surface area contributed by atoms with Crippen molar-refractivity contribution in [3.05, 3.63) is 59.2 Å². The van der Waals surface area contributed by atoms with Crippen LogP contribution in [0.2, 0.25) is 5.02 Å². The Balaban J connectivity index is 1.42. The fraction of sp³-hybridized carbons (Fsp3) is 0.111. The summed E-state index contributed by atoms with van der Waals surface area (Å²) in [6, 6.07) is 9.27. The van der Waals surface area contributed by atoms with E-state index in [0.29, 0.717) is 39.4 Å². The van der Waals surface area contributed by atoms with Crippen LogP contribution in [0.25, 0.3) is 28.3 Å². The largest absolute Gasteiger partial charge is 0.484 e. The van der Waals surface area contributed by atoms with Crippen molar-refractivity contribution in [1.29, 1.82) is 0 Å². The molecule has 5 rings (SSSR count). The summed E-state index contributed by atoms with van der Waals surface area (Å²) in [6.45, 7) is 2.20. The summed E-state index contributed by atoms with van der Waals surface area (Å²) in [7, 11) is 0. The van der Waals surface area contributed by atoms with E-state index in [0.717, 1.165) is 10.9 Å². The molecule has 0 spiro atoms. The molecule has 0 atom stereocenters. The first-order valence-electron chi connectivity index (χ1n) is 8.20. The third-order valence-corrected chi connectivity index (χ3v) is 4.49. The summed E-state index contributed by atoms with van der Waals surface area (Å²) in [5.41, 5.74) is 2.28. The van der Waals surface area contributed by atoms with Gasteiger partial charge in [-0.25, -0.2) is 14.5 Å². The van der Waals surface area contributed by atoms with Gasteiger partial charge in [0, 0.05) is 0 Å². The molecule has 0 saturated carbocycles. The lowest BCUT2D eigenvalue weighted by atomic mass is 10.2. The van der Waals surface area contributed by atoms with Gasteiger partial charge in [-0.2, -0.15) is 5.10 Å². The van der Waals surface area contributed by atoms with Crippen molar-refractivity contribution >= 4 is 28.3 Å². The van der Waals surface area contributed by atoms with Gasteiger partial charge in [-0.3, -0.25) is 5.10 Å². The van der Waals surface area contributed by atoms with Crippen LogP contribution in [0.4, 0.5) is 0 Å². The van der Waals surface area contributed by atoms with Crippen LogP contribution < -0.4 is 4.74 Å². The van der Waals surface area contributed by atoms with E-state index < -0.39 is 0 Å². The second-order valence-electron chi connectivity index (χ2n) is 6.02. The van der Waals surface area contributed by atoms with Gasteiger partial charge in [0.25, 0.3) is 0 Å². The Bertz CT molecular complexity index is 1250. The SMILES string of the molecule is Cc1cccc(Cl)c1OCc1ccc(-c2nc3c4cn[nH]c4ncn3n2)o1. The van der Waals surface area contributed by atoms with Crippen LogP contribution >= 0.6 is 11.6 Å². The molecular formula is C18H13ClN6O2. The zero-order chi connectivity index (χ0) is 18.4. The maximum absolute atomic E-state index is 6.19. The molecule has 0 aliphatic carbocycles. The fourth-order valence-corrected chi connectivity index (χ4v) is 3.14. The van der Waals surface area contributed by atoms with Gasteiger partial charge in [-0.15, -0.1) is 5.10 Å². The van der Waals surface area contributed by atoms with E-state index in [2.05, 4.69) is 25.3 Å². The molecule has 1 aromatic carbocycles. The monoisotopic (exact) mass is 380 g/mol. The lowest BCUT2D eigenvalue weighted by molar-refractivity contribution is 0.270. The summed E-state index contributed by atoms with van der Waals surface area (Å²) in [5, 5.41) is 12.6. The number of nitrogens with one attached hydrogen (secondary N) is 1. The Morgan fingerprint density at radius 3 is 3.07 bits per heavy atom. The van der Waals surface area contributed by atoms with Gasteiger partial charge in [0.05, 0.1) is 16.6 Å². The number of benzene rings is 1. The third kappa shape index (κ3) is 2.70. The number of aromatic nitrogens is 6. The van der Waals surface area contributed by atoms with E-state index in [1.165, 1.54) is 0 Å². The fourth-order valence-electron chi connectivity index (χ4n) is 2.86. The van der Waals surface area contributed by atoms with Gasteiger partial charge < -0.3 is 9.15 Å². The summed E-state index contributed by atoms with van der Waals surface area (Å²) in [6.07, 6.45) is 3.25. The summed E-state index contributed by atoms with van der Waals surface area (Å²) in [4.78, 5) is 8.78.